The molecule has 1 aromatic rings. The van der Waals surface area contributed by atoms with Gasteiger partial charge in [-0.3, -0.25) is 9.69 Å². The molecule has 0 bridgehead atoms. The Labute approximate surface area is 108 Å². The average Bonchev–Trinajstić information content (AvgIpc) is 2.42. The minimum Gasteiger partial charge on any atom is -0.326 e. The van der Waals surface area contributed by atoms with Gasteiger partial charge >= 0.3 is 0 Å². The van der Waals surface area contributed by atoms with E-state index < -0.39 is 0 Å². The Morgan fingerprint density at radius 2 is 1.94 bits per heavy atom. The molecule has 1 aromatic carbocycles. The van der Waals surface area contributed by atoms with E-state index in [9.17, 15) is 4.79 Å². The molecule has 2 N–H and O–H groups in total. The number of anilines is 1. The van der Waals surface area contributed by atoms with Crippen LogP contribution in [-0.4, -0.2) is 37.0 Å². The second kappa shape index (κ2) is 6.52. The highest BCUT2D eigenvalue weighted by atomic mass is 16.1. The van der Waals surface area contributed by atoms with Crippen molar-refractivity contribution < 1.29 is 4.79 Å². The van der Waals surface area contributed by atoms with Gasteiger partial charge in [-0.25, -0.2) is 0 Å². The summed E-state index contributed by atoms with van der Waals surface area (Å²) in [4.78, 5) is 13.7. The maximum Gasteiger partial charge on any atom is 0.224 e. The molecule has 98 valence electrons. The lowest BCUT2D eigenvalue weighted by molar-refractivity contribution is -0.115. The first kappa shape index (κ1) is 13.1. The SMILES string of the molecule is CCC(=O)Nc1ccc(CN2CCNCC2)cc1. The largest absolute Gasteiger partial charge is 0.326 e. The Bertz CT molecular complexity index is 383. The Morgan fingerprint density at radius 1 is 1.28 bits per heavy atom. The van der Waals surface area contributed by atoms with E-state index in [1.807, 2.05) is 19.1 Å². The van der Waals surface area contributed by atoms with Crippen molar-refractivity contribution in [2.75, 3.05) is 31.5 Å². The van der Waals surface area contributed by atoms with E-state index in [0.717, 1.165) is 38.4 Å². The van der Waals surface area contributed by atoms with Gasteiger partial charge in [-0.1, -0.05) is 19.1 Å². The molecule has 1 aliphatic heterocycles. The zero-order chi connectivity index (χ0) is 12.8. The average molecular weight is 247 g/mol. The summed E-state index contributed by atoms with van der Waals surface area (Å²) in [6, 6.07) is 8.14. The molecule has 0 aromatic heterocycles. The molecular weight excluding hydrogens is 226 g/mol. The Morgan fingerprint density at radius 3 is 2.56 bits per heavy atom. The molecule has 1 fully saturated rings. The van der Waals surface area contributed by atoms with Crippen molar-refractivity contribution in [1.29, 1.82) is 0 Å². The molecule has 1 amide bonds. The Kier molecular flexibility index (Phi) is 4.73. The molecule has 0 aliphatic carbocycles. The first-order valence-electron chi connectivity index (χ1n) is 6.60. The second-order valence-corrected chi connectivity index (χ2v) is 4.62. The van der Waals surface area contributed by atoms with Crippen molar-refractivity contribution in [2.45, 2.75) is 19.9 Å². The second-order valence-electron chi connectivity index (χ2n) is 4.62. The van der Waals surface area contributed by atoms with Crippen molar-refractivity contribution in [3.63, 3.8) is 0 Å². The van der Waals surface area contributed by atoms with Gasteiger partial charge in [0.15, 0.2) is 0 Å². The third-order valence-electron chi connectivity index (χ3n) is 3.17. The predicted octanol–water partition coefficient (Wildman–Crippen LogP) is 1.44. The molecule has 0 atom stereocenters. The molecule has 0 spiro atoms. The molecule has 18 heavy (non-hydrogen) atoms. The normalized spacial score (nSPS) is 16.5. The number of hydrogen-bond donors (Lipinski definition) is 2. The maximum atomic E-state index is 11.3. The number of nitrogens with zero attached hydrogens (tertiary/aromatic N) is 1. The monoisotopic (exact) mass is 247 g/mol. The van der Waals surface area contributed by atoms with E-state index in [-0.39, 0.29) is 5.91 Å². The van der Waals surface area contributed by atoms with Crippen LogP contribution in [0.4, 0.5) is 5.69 Å². The number of piperazine rings is 1. The maximum absolute atomic E-state index is 11.3. The van der Waals surface area contributed by atoms with Crippen LogP contribution in [0.2, 0.25) is 0 Å². The van der Waals surface area contributed by atoms with E-state index >= 15 is 0 Å². The van der Waals surface area contributed by atoms with Gasteiger partial charge in [0, 0.05) is 44.8 Å². The summed E-state index contributed by atoms with van der Waals surface area (Å²) >= 11 is 0. The molecule has 4 nitrogen and oxygen atoms in total. The zero-order valence-electron chi connectivity index (χ0n) is 10.9. The summed E-state index contributed by atoms with van der Waals surface area (Å²) in [6.45, 7) is 7.20. The molecule has 4 heteroatoms. The van der Waals surface area contributed by atoms with Crippen LogP contribution in [-0.2, 0) is 11.3 Å². The van der Waals surface area contributed by atoms with Crippen molar-refractivity contribution in [3.05, 3.63) is 29.8 Å². The summed E-state index contributed by atoms with van der Waals surface area (Å²) < 4.78 is 0. The molecular formula is C14H21N3O. The van der Waals surface area contributed by atoms with Crippen LogP contribution >= 0.6 is 0 Å². The van der Waals surface area contributed by atoms with Crippen LogP contribution < -0.4 is 10.6 Å². The fourth-order valence-electron chi connectivity index (χ4n) is 2.07. The van der Waals surface area contributed by atoms with Crippen LogP contribution in [0.5, 0.6) is 0 Å². The predicted molar refractivity (Wildman–Crippen MR) is 73.5 cm³/mol. The smallest absolute Gasteiger partial charge is 0.224 e. The van der Waals surface area contributed by atoms with E-state index in [4.69, 9.17) is 0 Å². The lowest BCUT2D eigenvalue weighted by Gasteiger charge is -2.27. The Hall–Kier alpha value is -1.39. The topological polar surface area (TPSA) is 44.4 Å². The highest BCUT2D eigenvalue weighted by molar-refractivity contribution is 5.90. The minimum absolute atomic E-state index is 0.0601. The number of carbonyl (C=O) groups is 1. The van der Waals surface area contributed by atoms with Crippen LogP contribution in [0.1, 0.15) is 18.9 Å². The van der Waals surface area contributed by atoms with Gasteiger partial charge in [-0.2, -0.15) is 0 Å². The van der Waals surface area contributed by atoms with Gasteiger partial charge in [0.2, 0.25) is 5.91 Å². The van der Waals surface area contributed by atoms with E-state index in [0.29, 0.717) is 6.42 Å². The highest BCUT2D eigenvalue weighted by Gasteiger charge is 2.09. The molecule has 0 unspecified atom stereocenters. The number of nitrogens with one attached hydrogen (secondary N) is 2. The fraction of sp³-hybridized carbons (Fsp3) is 0.500. The van der Waals surface area contributed by atoms with Crippen molar-refractivity contribution in [3.8, 4) is 0 Å². The van der Waals surface area contributed by atoms with Gasteiger partial charge < -0.3 is 10.6 Å². The molecule has 1 aliphatic rings. The zero-order valence-corrected chi connectivity index (χ0v) is 10.9. The van der Waals surface area contributed by atoms with Gasteiger partial charge in [0.25, 0.3) is 0 Å². The standard InChI is InChI=1S/C14H21N3O/c1-2-14(18)16-13-5-3-12(4-6-13)11-17-9-7-15-8-10-17/h3-6,15H,2,7-11H2,1H3,(H,16,18). The minimum atomic E-state index is 0.0601. The summed E-state index contributed by atoms with van der Waals surface area (Å²) in [5.41, 5.74) is 2.18. The summed E-state index contributed by atoms with van der Waals surface area (Å²) in [7, 11) is 0. The van der Waals surface area contributed by atoms with E-state index in [1.165, 1.54) is 5.56 Å². The van der Waals surface area contributed by atoms with Crippen molar-refractivity contribution >= 4 is 11.6 Å². The summed E-state index contributed by atoms with van der Waals surface area (Å²) in [6.07, 6.45) is 0.516. The van der Waals surface area contributed by atoms with Crippen LogP contribution in [0.15, 0.2) is 24.3 Å². The number of rotatable bonds is 4. The molecule has 1 heterocycles. The lowest BCUT2D eigenvalue weighted by atomic mass is 10.2. The first-order valence-corrected chi connectivity index (χ1v) is 6.60. The highest BCUT2D eigenvalue weighted by Crippen LogP contribution is 2.12. The van der Waals surface area contributed by atoms with E-state index in [1.54, 1.807) is 0 Å². The van der Waals surface area contributed by atoms with Gasteiger partial charge in [-0.05, 0) is 17.7 Å². The van der Waals surface area contributed by atoms with Crippen LogP contribution in [0, 0.1) is 0 Å². The molecule has 0 radical (unpaired) electrons. The quantitative estimate of drug-likeness (QED) is 0.846. The summed E-state index contributed by atoms with van der Waals surface area (Å²) in [5, 5.41) is 6.21. The first-order chi connectivity index (χ1) is 8.78. The van der Waals surface area contributed by atoms with Crippen LogP contribution in [0.3, 0.4) is 0 Å². The summed E-state index contributed by atoms with van der Waals surface area (Å²) in [5.74, 6) is 0.0601. The van der Waals surface area contributed by atoms with Crippen molar-refractivity contribution in [2.24, 2.45) is 0 Å². The van der Waals surface area contributed by atoms with Crippen molar-refractivity contribution in [1.82, 2.24) is 10.2 Å². The lowest BCUT2D eigenvalue weighted by Crippen LogP contribution is -2.42. The number of benzene rings is 1. The van der Waals surface area contributed by atoms with E-state index in [2.05, 4.69) is 27.7 Å². The third kappa shape index (κ3) is 3.82. The number of carbonyl (C=O) groups excluding carboxylic acids is 1. The molecule has 1 saturated heterocycles. The number of amides is 1. The number of hydrogen-bond acceptors (Lipinski definition) is 3. The van der Waals surface area contributed by atoms with Gasteiger partial charge in [0.05, 0.1) is 0 Å². The molecule has 0 saturated carbocycles. The van der Waals surface area contributed by atoms with Gasteiger partial charge in [0.1, 0.15) is 0 Å². The third-order valence-corrected chi connectivity index (χ3v) is 3.17. The van der Waals surface area contributed by atoms with Crippen LogP contribution in [0.25, 0.3) is 0 Å². The fourth-order valence-corrected chi connectivity index (χ4v) is 2.07. The Balaban J connectivity index is 1.88. The van der Waals surface area contributed by atoms with Gasteiger partial charge in [-0.15, -0.1) is 0 Å². The molecule has 2 rings (SSSR count).